The van der Waals surface area contributed by atoms with Crippen LogP contribution in [0.3, 0.4) is 0 Å². The summed E-state index contributed by atoms with van der Waals surface area (Å²) in [4.78, 5) is 49.7. The molecule has 3 saturated heterocycles. The van der Waals surface area contributed by atoms with Crippen molar-refractivity contribution in [2.24, 2.45) is 5.92 Å². The Hall–Kier alpha value is -2.86. The van der Waals surface area contributed by atoms with Crippen molar-refractivity contribution in [1.82, 2.24) is 20.1 Å². The second-order valence-corrected chi connectivity index (χ2v) is 11.6. The number of amides is 2. The number of aliphatic hydroxyl groups excluding tert-OH is 1. The number of ketones is 1. The van der Waals surface area contributed by atoms with E-state index >= 15 is 0 Å². The molecule has 10 nitrogen and oxygen atoms in total. The number of carbonyl (C=O) groups is 3. The molecule has 204 valence electrons. The third kappa shape index (κ3) is 5.47. The zero-order chi connectivity index (χ0) is 27.0. The highest BCUT2D eigenvalue weighted by molar-refractivity contribution is 7.14. The first-order valence-corrected chi connectivity index (χ1v) is 14.0. The molecule has 2 aromatic rings. The van der Waals surface area contributed by atoms with E-state index in [0.29, 0.717) is 12.0 Å². The number of aliphatic hydroxyl groups is 1. The van der Waals surface area contributed by atoms with Crippen molar-refractivity contribution < 1.29 is 24.2 Å². The Balaban J connectivity index is 1.26. The normalized spacial score (nSPS) is 24.7. The van der Waals surface area contributed by atoms with Crippen molar-refractivity contribution >= 4 is 34.1 Å². The fourth-order valence-corrected chi connectivity index (χ4v) is 6.21. The van der Waals surface area contributed by atoms with Gasteiger partial charge in [-0.25, -0.2) is 4.98 Å². The van der Waals surface area contributed by atoms with Gasteiger partial charge in [0.25, 0.3) is 5.91 Å². The van der Waals surface area contributed by atoms with Crippen LogP contribution < -0.4 is 10.2 Å². The molecule has 4 atom stereocenters. The molecule has 0 spiro atoms. The van der Waals surface area contributed by atoms with Gasteiger partial charge in [0.2, 0.25) is 5.91 Å². The largest absolute Gasteiger partial charge is 0.388 e. The zero-order valence-electron chi connectivity index (χ0n) is 22.0. The molecule has 2 amide bonds. The molecule has 0 radical (unpaired) electrons. The molecule has 3 aliphatic rings. The molecule has 4 heterocycles. The molecule has 1 aromatic carbocycles. The lowest BCUT2D eigenvalue weighted by atomic mass is 10.0. The summed E-state index contributed by atoms with van der Waals surface area (Å²) < 4.78 is 5.39. The van der Waals surface area contributed by atoms with Crippen LogP contribution in [0.15, 0.2) is 29.6 Å². The lowest BCUT2D eigenvalue weighted by Crippen LogP contribution is -2.52. The molecule has 0 bridgehead atoms. The van der Waals surface area contributed by atoms with Crippen LogP contribution in [0.5, 0.6) is 0 Å². The van der Waals surface area contributed by atoms with Crippen LogP contribution in [0.1, 0.15) is 30.6 Å². The fourth-order valence-electron chi connectivity index (χ4n) is 5.32. The Morgan fingerprint density at radius 2 is 1.89 bits per heavy atom. The zero-order valence-corrected chi connectivity index (χ0v) is 22.8. The van der Waals surface area contributed by atoms with Gasteiger partial charge in [0, 0.05) is 42.7 Å². The second kappa shape index (κ2) is 11.1. The van der Waals surface area contributed by atoms with Gasteiger partial charge in [0.1, 0.15) is 30.9 Å². The second-order valence-electron chi connectivity index (χ2n) is 10.8. The van der Waals surface area contributed by atoms with Gasteiger partial charge in [0.05, 0.1) is 12.2 Å². The van der Waals surface area contributed by atoms with E-state index in [-0.39, 0.29) is 36.7 Å². The molecule has 1 aromatic heterocycles. The average molecular weight is 542 g/mol. The van der Waals surface area contributed by atoms with Crippen molar-refractivity contribution in [1.29, 1.82) is 0 Å². The van der Waals surface area contributed by atoms with Crippen LogP contribution in [0.25, 0.3) is 11.3 Å². The van der Waals surface area contributed by atoms with Gasteiger partial charge >= 0.3 is 0 Å². The highest BCUT2D eigenvalue weighted by atomic mass is 32.1. The number of benzene rings is 1. The third-order valence-electron chi connectivity index (χ3n) is 7.46. The minimum Gasteiger partial charge on any atom is -0.388 e. The van der Waals surface area contributed by atoms with Crippen molar-refractivity contribution in [2.45, 2.75) is 44.6 Å². The Kier molecular flexibility index (Phi) is 7.80. The summed E-state index contributed by atoms with van der Waals surface area (Å²) in [6.45, 7) is 7.79. The van der Waals surface area contributed by atoms with Crippen LogP contribution >= 0.6 is 11.3 Å². The molecule has 5 rings (SSSR count). The number of hydrogen-bond donors (Lipinski definition) is 2. The van der Waals surface area contributed by atoms with Crippen molar-refractivity contribution in [3.05, 3.63) is 35.2 Å². The number of Topliss-reactive ketones (excluding diaryl/α,β-unsaturated/α-hetero) is 1. The van der Waals surface area contributed by atoms with Gasteiger partial charge in [0.15, 0.2) is 10.9 Å². The summed E-state index contributed by atoms with van der Waals surface area (Å²) in [6.07, 6.45) is -1.20. The Morgan fingerprint density at radius 1 is 1.18 bits per heavy atom. The predicted octanol–water partition coefficient (Wildman–Crippen LogP) is 1.25. The third-order valence-corrected chi connectivity index (χ3v) is 8.36. The molecular formula is C27H35N5O5S. The van der Waals surface area contributed by atoms with Crippen LogP contribution in [-0.4, -0.2) is 108 Å². The van der Waals surface area contributed by atoms with Crippen LogP contribution in [0, 0.1) is 5.92 Å². The van der Waals surface area contributed by atoms with Crippen molar-refractivity contribution in [2.75, 3.05) is 51.3 Å². The van der Waals surface area contributed by atoms with E-state index in [9.17, 15) is 19.5 Å². The summed E-state index contributed by atoms with van der Waals surface area (Å²) >= 11 is 1.62. The lowest BCUT2D eigenvalue weighted by Gasteiger charge is -2.32. The smallest absolute Gasteiger partial charge is 0.251 e. The molecule has 0 saturated carbocycles. The topological polar surface area (TPSA) is 115 Å². The fraction of sp³-hybridized carbons (Fsp3) is 0.556. The lowest BCUT2D eigenvalue weighted by molar-refractivity contribution is -0.138. The van der Waals surface area contributed by atoms with E-state index in [1.165, 1.54) is 4.90 Å². The minimum absolute atomic E-state index is 0.0167. The number of ether oxygens (including phenoxy) is 1. The van der Waals surface area contributed by atoms with Crippen molar-refractivity contribution in [3.63, 3.8) is 0 Å². The van der Waals surface area contributed by atoms with Crippen LogP contribution in [0.2, 0.25) is 0 Å². The number of anilines is 1. The van der Waals surface area contributed by atoms with E-state index in [4.69, 9.17) is 9.72 Å². The van der Waals surface area contributed by atoms with Gasteiger partial charge in [-0.15, -0.1) is 11.3 Å². The number of hydrogen-bond acceptors (Lipinski definition) is 9. The number of likely N-dealkylation sites (N-methyl/N-ethyl adjacent to an activating group) is 1. The van der Waals surface area contributed by atoms with Gasteiger partial charge in [-0.05, 0) is 31.5 Å². The van der Waals surface area contributed by atoms with Gasteiger partial charge < -0.3 is 29.9 Å². The number of nitrogens with zero attached hydrogens (tertiary/aromatic N) is 4. The maximum absolute atomic E-state index is 13.5. The Labute approximate surface area is 226 Å². The Morgan fingerprint density at radius 3 is 2.58 bits per heavy atom. The molecule has 2 N–H and O–H groups in total. The summed E-state index contributed by atoms with van der Waals surface area (Å²) in [7, 11) is 2.13. The molecule has 0 unspecified atom stereocenters. The monoisotopic (exact) mass is 541 g/mol. The van der Waals surface area contributed by atoms with Crippen molar-refractivity contribution in [3.8, 4) is 11.3 Å². The number of fused-ring (bicyclic) bond motifs is 1. The summed E-state index contributed by atoms with van der Waals surface area (Å²) in [5.41, 5.74) is 2.23. The number of nitrogens with one attached hydrogen (secondary N) is 1. The number of β-amino-alcohol motifs (C(OH)–C–C–N with tert-alkyl or cyclic N) is 1. The number of rotatable bonds is 7. The van der Waals surface area contributed by atoms with E-state index in [1.54, 1.807) is 23.5 Å². The highest BCUT2D eigenvalue weighted by Crippen LogP contribution is 2.30. The maximum atomic E-state index is 13.5. The first-order valence-electron chi connectivity index (χ1n) is 13.1. The standard InChI is InChI=1S/C27H35N5O5S/c1-16(2)12-19(26(36)32-13-21(33)24-23(32)22(34)14-37-24)28-25(35)18-6-4-17(5-7-18)20-15-38-27(29-20)31-10-8-30(3)9-11-31/h4-7,15-16,19,21,23-24,33H,8-14H2,1-3H3,(H,28,35)/t19-,21+,23+,24+/m0/s1. The number of likely N-dealkylation sites (tertiary alicyclic amines) is 1. The molecule has 11 heteroatoms. The predicted molar refractivity (Wildman–Crippen MR) is 144 cm³/mol. The molecule has 38 heavy (non-hydrogen) atoms. The summed E-state index contributed by atoms with van der Waals surface area (Å²) in [6, 6.07) is 5.60. The molecule has 0 aliphatic carbocycles. The first-order chi connectivity index (χ1) is 18.2. The first kappa shape index (κ1) is 26.7. The SMILES string of the molecule is CC(C)C[C@H](NC(=O)c1ccc(-c2csc(N3CCN(C)CC3)n2)cc1)C(=O)N1C[C@@H](O)[C@H]2OCC(=O)[C@H]21. The summed E-state index contributed by atoms with van der Waals surface area (Å²) in [5.74, 6) is -0.821. The highest BCUT2D eigenvalue weighted by Gasteiger charge is 2.52. The van der Waals surface area contributed by atoms with Gasteiger partial charge in [-0.3, -0.25) is 14.4 Å². The number of piperazine rings is 1. The average Bonchev–Trinajstić information content (AvgIpc) is 3.62. The number of carbonyl (C=O) groups excluding carboxylic acids is 3. The molecular weight excluding hydrogens is 506 g/mol. The molecule has 3 fully saturated rings. The number of thiazole rings is 1. The maximum Gasteiger partial charge on any atom is 0.251 e. The van der Waals surface area contributed by atoms with E-state index in [1.807, 2.05) is 31.4 Å². The van der Waals surface area contributed by atoms with E-state index in [2.05, 4.69) is 22.2 Å². The minimum atomic E-state index is -0.916. The van der Waals surface area contributed by atoms with Gasteiger partial charge in [-0.2, -0.15) is 0 Å². The van der Waals surface area contributed by atoms with Gasteiger partial charge in [-0.1, -0.05) is 26.0 Å². The van der Waals surface area contributed by atoms with Crippen LogP contribution in [0.4, 0.5) is 5.13 Å². The quantitative estimate of drug-likeness (QED) is 0.538. The van der Waals surface area contributed by atoms with Crippen LogP contribution in [-0.2, 0) is 14.3 Å². The Bertz CT molecular complexity index is 1180. The molecule has 3 aliphatic heterocycles. The summed E-state index contributed by atoms with van der Waals surface area (Å²) in [5, 5.41) is 16.2. The van der Waals surface area contributed by atoms with E-state index in [0.717, 1.165) is 42.6 Å². The van der Waals surface area contributed by atoms with E-state index < -0.39 is 24.3 Å². The number of aromatic nitrogens is 1.